The van der Waals surface area contributed by atoms with Crippen LogP contribution in [-0.4, -0.2) is 19.9 Å². The van der Waals surface area contributed by atoms with Gasteiger partial charge in [-0.2, -0.15) is 0 Å². The zero-order chi connectivity index (χ0) is 41.0. The molecule has 0 N–H and O–H groups in total. The summed E-state index contributed by atoms with van der Waals surface area (Å²) in [6.07, 6.45) is 0. The molecule has 8 aromatic carbocycles. The maximum Gasteiger partial charge on any atom is 0.164 e. The van der Waals surface area contributed by atoms with Gasteiger partial charge in [0.1, 0.15) is 11.5 Å². The van der Waals surface area contributed by atoms with Gasteiger partial charge in [0.25, 0.3) is 0 Å². The summed E-state index contributed by atoms with van der Waals surface area (Å²) in [5, 5.41) is 0. The van der Waals surface area contributed by atoms with Gasteiger partial charge >= 0.3 is 0 Å². The molecular formula is C57H36N4O. The standard InChI is InChI=1S/C57H36N4O/c1-4-16-38(17-5-1)50-34-33-43(53(58-50)39-18-6-2-7-19-39)37-28-30-41(31-29-37)55-59-54(40-20-8-3-9-21-40)60-56(61-55)42-32-35-52-49(36-42)57(48-26-14-15-27-51(48)62-52)46-24-12-10-22-44(46)45-23-11-13-25-47(45)57/h1-36H. The number of para-hydroxylation sites is 1. The van der Waals surface area contributed by atoms with Crippen LogP contribution >= 0.6 is 0 Å². The fraction of sp³-hybridized carbons (Fsp3) is 0.0175. The zero-order valence-corrected chi connectivity index (χ0v) is 33.5. The number of ether oxygens (including phenoxy) is 1. The lowest BCUT2D eigenvalue weighted by Gasteiger charge is -2.39. The molecule has 1 spiro atoms. The van der Waals surface area contributed by atoms with Gasteiger partial charge in [-0.15, -0.1) is 0 Å². The zero-order valence-electron chi connectivity index (χ0n) is 33.5. The van der Waals surface area contributed by atoms with Gasteiger partial charge in [0.2, 0.25) is 0 Å². The molecule has 12 rings (SSSR count). The highest BCUT2D eigenvalue weighted by molar-refractivity contribution is 5.89. The SMILES string of the molecule is c1ccc(-c2ccc(-c3ccc(-c4nc(-c5ccccc5)nc(-c5ccc6c(c5)C5(c7ccccc7O6)c6ccccc6-c6ccccc65)n4)cc3)c(-c3ccccc3)n2)cc1. The van der Waals surface area contributed by atoms with Crippen molar-refractivity contribution in [3.8, 4) is 90.4 Å². The first-order valence-corrected chi connectivity index (χ1v) is 20.9. The van der Waals surface area contributed by atoms with Crippen LogP contribution in [0.5, 0.6) is 11.5 Å². The van der Waals surface area contributed by atoms with Gasteiger partial charge in [0, 0.05) is 44.5 Å². The number of aromatic nitrogens is 4. The molecule has 62 heavy (non-hydrogen) atoms. The van der Waals surface area contributed by atoms with Crippen LogP contribution in [0.25, 0.3) is 78.9 Å². The number of hydrogen-bond donors (Lipinski definition) is 0. The molecule has 0 fully saturated rings. The number of fused-ring (bicyclic) bond motifs is 9. The summed E-state index contributed by atoms with van der Waals surface area (Å²) in [6.45, 7) is 0. The van der Waals surface area contributed by atoms with Crippen molar-refractivity contribution < 1.29 is 4.74 Å². The van der Waals surface area contributed by atoms with E-state index in [-0.39, 0.29) is 0 Å². The molecule has 5 nitrogen and oxygen atoms in total. The molecule has 1 aliphatic heterocycles. The lowest BCUT2D eigenvalue weighted by Crippen LogP contribution is -2.32. The fourth-order valence-electron chi connectivity index (χ4n) is 9.42. The van der Waals surface area contributed by atoms with Gasteiger partial charge in [0.05, 0.1) is 16.8 Å². The van der Waals surface area contributed by atoms with Crippen molar-refractivity contribution in [1.82, 2.24) is 19.9 Å². The van der Waals surface area contributed by atoms with Crippen LogP contribution in [0.15, 0.2) is 218 Å². The minimum Gasteiger partial charge on any atom is -0.457 e. The van der Waals surface area contributed by atoms with Gasteiger partial charge < -0.3 is 4.74 Å². The first-order valence-electron chi connectivity index (χ1n) is 20.9. The Morgan fingerprint density at radius 3 is 1.40 bits per heavy atom. The van der Waals surface area contributed by atoms with Crippen molar-refractivity contribution >= 4 is 0 Å². The van der Waals surface area contributed by atoms with Crippen LogP contribution in [0.1, 0.15) is 22.3 Å². The van der Waals surface area contributed by atoms with Crippen LogP contribution < -0.4 is 4.74 Å². The molecule has 0 unspecified atom stereocenters. The number of pyridine rings is 1. The van der Waals surface area contributed by atoms with Gasteiger partial charge in [-0.3, -0.25) is 0 Å². The molecule has 3 heterocycles. The number of rotatable bonds is 6. The molecule has 0 amide bonds. The predicted octanol–water partition coefficient (Wildman–Crippen LogP) is 13.7. The van der Waals surface area contributed by atoms with Crippen LogP contribution in [0.4, 0.5) is 0 Å². The van der Waals surface area contributed by atoms with Gasteiger partial charge in [-0.1, -0.05) is 188 Å². The summed E-state index contributed by atoms with van der Waals surface area (Å²) in [7, 11) is 0. The van der Waals surface area contributed by atoms with Gasteiger partial charge in [0.15, 0.2) is 17.5 Å². The van der Waals surface area contributed by atoms with Crippen molar-refractivity contribution in [2.45, 2.75) is 5.41 Å². The van der Waals surface area contributed by atoms with Crippen molar-refractivity contribution in [2.24, 2.45) is 0 Å². The van der Waals surface area contributed by atoms with E-state index in [0.717, 1.165) is 73.0 Å². The first kappa shape index (κ1) is 35.6. The number of benzene rings is 8. The molecule has 290 valence electrons. The van der Waals surface area contributed by atoms with E-state index in [2.05, 4.69) is 158 Å². The quantitative estimate of drug-likeness (QED) is 0.168. The Morgan fingerprint density at radius 1 is 0.290 bits per heavy atom. The van der Waals surface area contributed by atoms with Gasteiger partial charge in [-0.05, 0) is 58.1 Å². The van der Waals surface area contributed by atoms with E-state index < -0.39 is 5.41 Å². The van der Waals surface area contributed by atoms with E-state index >= 15 is 0 Å². The number of nitrogens with zero attached hydrogens (tertiary/aromatic N) is 4. The highest BCUT2D eigenvalue weighted by Gasteiger charge is 2.51. The average Bonchev–Trinajstić information content (AvgIpc) is 3.65. The van der Waals surface area contributed by atoms with Crippen LogP contribution in [-0.2, 0) is 5.41 Å². The molecule has 2 aliphatic rings. The summed E-state index contributed by atoms with van der Waals surface area (Å²) < 4.78 is 6.73. The highest BCUT2D eigenvalue weighted by Crippen LogP contribution is 2.62. The topological polar surface area (TPSA) is 60.8 Å². The molecule has 2 aromatic heterocycles. The Balaban J connectivity index is 1.00. The van der Waals surface area contributed by atoms with Crippen molar-refractivity contribution in [1.29, 1.82) is 0 Å². The lowest BCUT2D eigenvalue weighted by atomic mass is 9.66. The second-order valence-electron chi connectivity index (χ2n) is 15.7. The molecular weight excluding hydrogens is 757 g/mol. The molecule has 0 bridgehead atoms. The molecule has 0 saturated heterocycles. The van der Waals surface area contributed by atoms with Crippen molar-refractivity contribution in [3.63, 3.8) is 0 Å². The molecule has 0 radical (unpaired) electrons. The summed E-state index contributed by atoms with van der Waals surface area (Å²) in [4.78, 5) is 20.7. The van der Waals surface area contributed by atoms with E-state index in [1.807, 2.05) is 60.7 Å². The maximum atomic E-state index is 6.73. The predicted molar refractivity (Wildman–Crippen MR) is 248 cm³/mol. The molecule has 5 heteroatoms. The normalized spacial score (nSPS) is 12.8. The minimum absolute atomic E-state index is 0.585. The third-order valence-electron chi connectivity index (χ3n) is 12.2. The fourth-order valence-corrected chi connectivity index (χ4v) is 9.42. The Morgan fingerprint density at radius 2 is 0.758 bits per heavy atom. The summed E-state index contributed by atoms with van der Waals surface area (Å²) in [5.41, 5.74) is 15.3. The second-order valence-corrected chi connectivity index (χ2v) is 15.7. The maximum absolute atomic E-state index is 6.73. The highest BCUT2D eigenvalue weighted by atomic mass is 16.5. The molecule has 0 atom stereocenters. The van der Waals surface area contributed by atoms with E-state index in [9.17, 15) is 0 Å². The third kappa shape index (κ3) is 5.70. The summed E-state index contributed by atoms with van der Waals surface area (Å²) in [6, 6.07) is 75.9. The van der Waals surface area contributed by atoms with Crippen LogP contribution in [0, 0.1) is 0 Å². The Bertz CT molecular complexity index is 3270. The molecule has 0 saturated carbocycles. The van der Waals surface area contributed by atoms with Crippen LogP contribution in [0.2, 0.25) is 0 Å². The van der Waals surface area contributed by atoms with Crippen molar-refractivity contribution in [2.75, 3.05) is 0 Å². The Hall–Kier alpha value is -8.28. The average molecular weight is 793 g/mol. The first-order chi connectivity index (χ1) is 30.7. The molecule has 10 aromatic rings. The number of hydrogen-bond acceptors (Lipinski definition) is 5. The van der Waals surface area contributed by atoms with E-state index in [1.54, 1.807) is 0 Å². The van der Waals surface area contributed by atoms with E-state index in [1.165, 1.54) is 22.3 Å². The monoisotopic (exact) mass is 792 g/mol. The molecule has 1 aliphatic carbocycles. The lowest BCUT2D eigenvalue weighted by molar-refractivity contribution is 0.436. The van der Waals surface area contributed by atoms with Gasteiger partial charge in [-0.25, -0.2) is 19.9 Å². The summed E-state index contributed by atoms with van der Waals surface area (Å²) >= 11 is 0. The van der Waals surface area contributed by atoms with E-state index in [4.69, 9.17) is 24.7 Å². The summed E-state index contributed by atoms with van der Waals surface area (Å²) in [5.74, 6) is 3.45. The van der Waals surface area contributed by atoms with Crippen molar-refractivity contribution in [3.05, 3.63) is 241 Å². The Kier molecular flexibility index (Phi) is 8.32. The smallest absolute Gasteiger partial charge is 0.164 e. The Labute approximate surface area is 359 Å². The van der Waals surface area contributed by atoms with Crippen LogP contribution in [0.3, 0.4) is 0 Å². The second kappa shape index (κ2) is 14.5. The largest absolute Gasteiger partial charge is 0.457 e. The third-order valence-corrected chi connectivity index (χ3v) is 12.2. The minimum atomic E-state index is -0.603. The van der Waals surface area contributed by atoms with E-state index in [0.29, 0.717) is 17.5 Å².